The van der Waals surface area contributed by atoms with Gasteiger partial charge in [-0.15, -0.1) is 0 Å². The van der Waals surface area contributed by atoms with Gasteiger partial charge in [-0.05, 0) is 30.5 Å². The summed E-state index contributed by atoms with van der Waals surface area (Å²) in [6.45, 7) is 2.17. The van der Waals surface area contributed by atoms with Gasteiger partial charge in [0.25, 0.3) is 0 Å². The zero-order valence-electron chi connectivity index (χ0n) is 7.96. The van der Waals surface area contributed by atoms with E-state index in [4.69, 9.17) is 5.73 Å². The summed E-state index contributed by atoms with van der Waals surface area (Å²) in [7, 11) is 0. The Labute approximate surface area is 88.5 Å². The number of hydrogen-bond acceptors (Lipinski definition) is 1. The Hall–Kier alpha value is -0.340. The van der Waals surface area contributed by atoms with E-state index in [2.05, 4.69) is 47.1 Å². The van der Waals surface area contributed by atoms with Crippen LogP contribution in [0.25, 0.3) is 0 Å². The van der Waals surface area contributed by atoms with E-state index >= 15 is 0 Å². The molecule has 1 aromatic carbocycles. The van der Waals surface area contributed by atoms with E-state index in [1.807, 2.05) is 0 Å². The largest absolute Gasteiger partial charge is 0.327 e. The molecule has 2 N–H and O–H groups in total. The fourth-order valence-electron chi connectivity index (χ4n) is 1.40. The van der Waals surface area contributed by atoms with Crippen molar-refractivity contribution in [2.45, 2.75) is 32.2 Å². The zero-order chi connectivity index (χ0) is 9.68. The molecule has 1 nitrogen and oxygen atoms in total. The smallest absolute Gasteiger partial charge is 0.0175 e. The maximum atomic E-state index is 5.94. The monoisotopic (exact) mass is 241 g/mol. The molecule has 72 valence electrons. The number of hydrogen-bond donors (Lipinski definition) is 1. The molecule has 0 spiro atoms. The lowest BCUT2D eigenvalue weighted by Gasteiger charge is -2.09. The average molecular weight is 242 g/mol. The number of nitrogens with two attached hydrogens (primary N) is 1. The molecule has 0 saturated heterocycles. The van der Waals surface area contributed by atoms with Crippen LogP contribution in [0.3, 0.4) is 0 Å². The molecule has 0 aliphatic rings. The normalized spacial score (nSPS) is 12.8. The second-order valence-corrected chi connectivity index (χ2v) is 4.30. The van der Waals surface area contributed by atoms with Gasteiger partial charge in [0.2, 0.25) is 0 Å². The van der Waals surface area contributed by atoms with Crippen molar-refractivity contribution in [2.24, 2.45) is 5.73 Å². The van der Waals surface area contributed by atoms with Crippen molar-refractivity contribution in [3.05, 3.63) is 34.3 Å². The Balaban J connectivity index is 2.49. The Morgan fingerprint density at radius 2 is 1.92 bits per heavy atom. The summed E-state index contributed by atoms with van der Waals surface area (Å²) in [4.78, 5) is 0. The van der Waals surface area contributed by atoms with Crippen molar-refractivity contribution in [3.8, 4) is 0 Å². The van der Waals surface area contributed by atoms with Gasteiger partial charge < -0.3 is 5.73 Å². The molecule has 1 aromatic rings. The third-order valence-corrected chi connectivity index (χ3v) is 2.60. The van der Waals surface area contributed by atoms with Gasteiger partial charge in [0, 0.05) is 10.5 Å². The van der Waals surface area contributed by atoms with Crippen LogP contribution >= 0.6 is 15.9 Å². The fourth-order valence-corrected chi connectivity index (χ4v) is 1.66. The lowest BCUT2D eigenvalue weighted by atomic mass is 10.0. The van der Waals surface area contributed by atoms with Crippen molar-refractivity contribution in [1.82, 2.24) is 0 Å². The van der Waals surface area contributed by atoms with Crippen LogP contribution in [0.4, 0.5) is 0 Å². The van der Waals surface area contributed by atoms with Gasteiger partial charge in [0.1, 0.15) is 0 Å². The van der Waals surface area contributed by atoms with Crippen molar-refractivity contribution in [2.75, 3.05) is 0 Å². The van der Waals surface area contributed by atoms with Crippen LogP contribution in [0.15, 0.2) is 28.7 Å². The van der Waals surface area contributed by atoms with Crippen LogP contribution in [0.2, 0.25) is 0 Å². The summed E-state index contributed by atoms with van der Waals surface area (Å²) in [5.41, 5.74) is 7.27. The molecular formula is C11H16BrN. The summed E-state index contributed by atoms with van der Waals surface area (Å²) in [5.74, 6) is 0. The van der Waals surface area contributed by atoms with Gasteiger partial charge in [-0.2, -0.15) is 0 Å². The molecule has 0 aromatic heterocycles. The quantitative estimate of drug-likeness (QED) is 0.862. The zero-order valence-corrected chi connectivity index (χ0v) is 9.55. The second-order valence-electron chi connectivity index (χ2n) is 3.38. The third kappa shape index (κ3) is 3.92. The van der Waals surface area contributed by atoms with Gasteiger partial charge in [0.15, 0.2) is 0 Å². The van der Waals surface area contributed by atoms with Crippen LogP contribution in [0.5, 0.6) is 0 Å². The molecule has 0 heterocycles. The fraction of sp³-hybridized carbons (Fsp3) is 0.455. The standard InChI is InChI=1S/C11H16BrN/c1-2-3-11(13)8-9-4-6-10(12)7-5-9/h4-7,11H,2-3,8,13H2,1H3/t11-/m1/s1. The lowest BCUT2D eigenvalue weighted by Crippen LogP contribution is -2.22. The minimum Gasteiger partial charge on any atom is -0.327 e. The average Bonchev–Trinajstić information content (AvgIpc) is 2.09. The Bertz CT molecular complexity index is 243. The van der Waals surface area contributed by atoms with Gasteiger partial charge in [-0.25, -0.2) is 0 Å². The highest BCUT2D eigenvalue weighted by Crippen LogP contribution is 2.12. The van der Waals surface area contributed by atoms with Crippen molar-refractivity contribution >= 4 is 15.9 Å². The van der Waals surface area contributed by atoms with Gasteiger partial charge >= 0.3 is 0 Å². The SMILES string of the molecule is CCC[C@@H](N)Cc1ccc(Br)cc1. The molecule has 0 unspecified atom stereocenters. The summed E-state index contributed by atoms with van der Waals surface area (Å²) < 4.78 is 1.13. The third-order valence-electron chi connectivity index (χ3n) is 2.07. The van der Waals surface area contributed by atoms with Crippen LogP contribution in [-0.4, -0.2) is 6.04 Å². The highest BCUT2D eigenvalue weighted by molar-refractivity contribution is 9.10. The Morgan fingerprint density at radius 1 is 1.31 bits per heavy atom. The molecule has 0 aliphatic heterocycles. The van der Waals surface area contributed by atoms with E-state index in [9.17, 15) is 0 Å². The Morgan fingerprint density at radius 3 is 2.46 bits per heavy atom. The first-order valence-electron chi connectivity index (χ1n) is 4.72. The topological polar surface area (TPSA) is 26.0 Å². The summed E-state index contributed by atoms with van der Waals surface area (Å²) in [6, 6.07) is 8.69. The molecule has 0 amide bonds. The van der Waals surface area contributed by atoms with E-state index < -0.39 is 0 Å². The minimum atomic E-state index is 0.311. The van der Waals surface area contributed by atoms with E-state index in [1.165, 1.54) is 5.56 Å². The number of rotatable bonds is 4. The van der Waals surface area contributed by atoms with E-state index in [0.29, 0.717) is 6.04 Å². The maximum absolute atomic E-state index is 5.94. The first-order valence-corrected chi connectivity index (χ1v) is 5.51. The first kappa shape index (κ1) is 10.7. The van der Waals surface area contributed by atoms with Gasteiger partial charge in [-0.3, -0.25) is 0 Å². The number of halogens is 1. The maximum Gasteiger partial charge on any atom is 0.0175 e. The highest BCUT2D eigenvalue weighted by Gasteiger charge is 2.01. The lowest BCUT2D eigenvalue weighted by molar-refractivity contribution is 0.600. The molecule has 1 rings (SSSR count). The molecule has 0 saturated carbocycles. The van der Waals surface area contributed by atoms with Crippen molar-refractivity contribution < 1.29 is 0 Å². The van der Waals surface area contributed by atoms with Crippen molar-refractivity contribution in [1.29, 1.82) is 0 Å². The molecule has 0 aliphatic carbocycles. The van der Waals surface area contributed by atoms with Crippen LogP contribution in [0.1, 0.15) is 25.3 Å². The van der Waals surface area contributed by atoms with E-state index in [0.717, 1.165) is 23.7 Å². The van der Waals surface area contributed by atoms with Crippen LogP contribution in [0, 0.1) is 0 Å². The molecular weight excluding hydrogens is 226 g/mol. The molecule has 0 fully saturated rings. The predicted molar refractivity (Wildman–Crippen MR) is 60.7 cm³/mol. The first-order chi connectivity index (χ1) is 6.22. The predicted octanol–water partition coefficient (Wildman–Crippen LogP) is 3.12. The minimum absolute atomic E-state index is 0.311. The second kappa shape index (κ2) is 5.40. The van der Waals surface area contributed by atoms with Gasteiger partial charge in [0.05, 0.1) is 0 Å². The summed E-state index contributed by atoms with van der Waals surface area (Å²) >= 11 is 3.41. The molecule has 0 bridgehead atoms. The summed E-state index contributed by atoms with van der Waals surface area (Å²) in [6.07, 6.45) is 3.26. The van der Waals surface area contributed by atoms with Crippen LogP contribution < -0.4 is 5.73 Å². The summed E-state index contributed by atoms with van der Waals surface area (Å²) in [5, 5.41) is 0. The molecule has 2 heteroatoms. The molecule has 13 heavy (non-hydrogen) atoms. The number of benzene rings is 1. The van der Waals surface area contributed by atoms with E-state index in [-0.39, 0.29) is 0 Å². The Kier molecular flexibility index (Phi) is 4.46. The van der Waals surface area contributed by atoms with E-state index in [1.54, 1.807) is 0 Å². The van der Waals surface area contributed by atoms with Crippen LogP contribution in [-0.2, 0) is 6.42 Å². The van der Waals surface area contributed by atoms with Crippen molar-refractivity contribution in [3.63, 3.8) is 0 Å². The highest BCUT2D eigenvalue weighted by atomic mass is 79.9. The molecule has 0 radical (unpaired) electrons. The molecule has 1 atom stereocenters. The van der Waals surface area contributed by atoms with Gasteiger partial charge in [-0.1, -0.05) is 41.4 Å².